The Labute approximate surface area is 508 Å². The van der Waals surface area contributed by atoms with Crippen LogP contribution in [0.5, 0.6) is 0 Å². The van der Waals surface area contributed by atoms with Gasteiger partial charge in [0.15, 0.2) is 34.9 Å². The lowest BCUT2D eigenvalue weighted by Gasteiger charge is -2.31. The Balaban J connectivity index is 0.00000125. The topological polar surface area (TPSA) is 77.3 Å². The highest BCUT2D eigenvalue weighted by Gasteiger charge is 2.51. The van der Waals surface area contributed by atoms with Gasteiger partial charge in [-0.3, -0.25) is 0 Å². The Bertz CT molecular complexity index is 3860. The van der Waals surface area contributed by atoms with Crippen LogP contribution in [0.2, 0.25) is 0 Å². The molecule has 0 saturated carbocycles. The molecule has 6 aromatic carbocycles. The number of nitrogens with zero attached hydrogens (tertiary/aromatic N) is 6. The van der Waals surface area contributed by atoms with Gasteiger partial charge in [-0.15, -0.1) is 12.8 Å². The maximum Gasteiger partial charge on any atom is 0.164 e. The van der Waals surface area contributed by atoms with Gasteiger partial charge >= 0.3 is 0 Å². The van der Waals surface area contributed by atoms with Gasteiger partial charge in [-0.25, -0.2) is 29.9 Å². The predicted octanol–water partition coefficient (Wildman–Crippen LogP) is 21.4. The van der Waals surface area contributed by atoms with Gasteiger partial charge in [-0.05, 0) is 107 Å². The fourth-order valence-corrected chi connectivity index (χ4v) is 10.5. The fraction of sp³-hybridized carbons (Fsp3) is 0.165. The first-order chi connectivity index (χ1) is 41.8. The van der Waals surface area contributed by atoms with Crippen molar-refractivity contribution in [2.45, 2.75) is 88.5 Å². The van der Waals surface area contributed by atoms with Gasteiger partial charge in [0.25, 0.3) is 0 Å². The molecule has 0 aliphatic heterocycles. The zero-order chi connectivity index (χ0) is 62.1. The molecule has 0 amide bonds. The van der Waals surface area contributed by atoms with Gasteiger partial charge in [0.2, 0.25) is 0 Å². The zero-order valence-corrected chi connectivity index (χ0v) is 52.0. The molecule has 8 aromatic rings. The molecule has 0 N–H and O–H groups in total. The van der Waals surface area contributed by atoms with Crippen LogP contribution < -0.4 is 0 Å². The second-order valence-corrected chi connectivity index (χ2v) is 18.1. The Morgan fingerprint density at radius 2 is 0.706 bits per heavy atom. The summed E-state index contributed by atoms with van der Waals surface area (Å²) in [4.78, 5) is 29.7. The predicted molar refractivity (Wildman–Crippen MR) is 369 cm³/mol. The van der Waals surface area contributed by atoms with Crippen LogP contribution >= 0.6 is 0 Å². The van der Waals surface area contributed by atoms with E-state index in [0.717, 1.165) is 55.7 Å². The minimum Gasteiger partial charge on any atom is -0.208 e. The van der Waals surface area contributed by atoms with E-state index in [9.17, 15) is 0 Å². The molecule has 6 nitrogen and oxygen atoms in total. The molecule has 0 fully saturated rings. The highest BCUT2D eigenvalue weighted by atomic mass is 15.0. The molecule has 0 bridgehead atoms. The average molecular weight is 1120 g/mol. The third kappa shape index (κ3) is 13.6. The van der Waals surface area contributed by atoms with Crippen molar-refractivity contribution in [3.05, 3.63) is 290 Å². The van der Waals surface area contributed by atoms with Crippen molar-refractivity contribution in [3.63, 3.8) is 0 Å². The first-order valence-electron chi connectivity index (χ1n) is 29.5. The van der Waals surface area contributed by atoms with Gasteiger partial charge in [-0.1, -0.05) is 288 Å². The number of hydrogen-bond acceptors (Lipinski definition) is 6. The molecule has 2 aromatic heterocycles. The van der Waals surface area contributed by atoms with Crippen molar-refractivity contribution >= 4 is 22.3 Å². The van der Waals surface area contributed by atoms with Gasteiger partial charge in [-0.2, -0.15) is 0 Å². The summed E-state index contributed by atoms with van der Waals surface area (Å²) in [6, 6.07) is 48.9. The highest BCUT2D eigenvalue weighted by Crippen LogP contribution is 2.63. The summed E-state index contributed by atoms with van der Waals surface area (Å²) in [5, 5.41) is 0. The zero-order valence-electron chi connectivity index (χ0n) is 52.0. The average Bonchev–Trinajstić information content (AvgIpc) is 1.52. The van der Waals surface area contributed by atoms with Crippen molar-refractivity contribution in [2.75, 3.05) is 0 Å². The van der Waals surface area contributed by atoms with Crippen molar-refractivity contribution in [1.29, 1.82) is 0 Å². The summed E-state index contributed by atoms with van der Waals surface area (Å²) in [6.45, 7) is 39.7. The molecule has 6 heteroatoms. The monoisotopic (exact) mass is 1110 g/mol. The number of fused-ring (bicyclic) bond motifs is 10. The second kappa shape index (κ2) is 32.6. The van der Waals surface area contributed by atoms with Gasteiger partial charge in [0.05, 0.1) is 5.41 Å². The third-order valence-corrected chi connectivity index (χ3v) is 13.9. The van der Waals surface area contributed by atoms with Crippen LogP contribution in [-0.2, 0) is 5.41 Å². The van der Waals surface area contributed by atoms with Crippen LogP contribution in [0.25, 0.3) is 89.6 Å². The van der Waals surface area contributed by atoms with E-state index >= 15 is 0 Å². The van der Waals surface area contributed by atoms with Crippen molar-refractivity contribution < 1.29 is 0 Å². The molecule has 2 aliphatic carbocycles. The summed E-state index contributed by atoms with van der Waals surface area (Å²) in [5.41, 5.74) is 19.0. The minimum absolute atomic E-state index is 0.536. The summed E-state index contributed by atoms with van der Waals surface area (Å²) < 4.78 is 0. The number of hydrogen-bond donors (Lipinski definition) is 0. The molecule has 428 valence electrons. The SMILES string of the molecule is C#C.C=C/C=C\C(=C/C)c1nc(C(/C=C\C)=C/C=C)nc(-c2ccc(-c3ccc4c(c3)C3(c5ccccc5-c5ccc(-c6ccc(-c7nc(/C(C=C)=C/C=C)nc(C(/C=C\C)=C/C)n7)cc6)cc53)c3ccccc3-4)cc2)n1.CC.CC.CC.CC. The molecular formula is C79H82N6. The molecule has 1 atom stereocenters. The molecule has 1 unspecified atom stereocenters. The molecular weight excluding hydrogens is 1030 g/mol. The van der Waals surface area contributed by atoms with E-state index in [0.29, 0.717) is 34.9 Å². The van der Waals surface area contributed by atoms with Crippen LogP contribution in [0, 0.1) is 12.8 Å². The Kier molecular flexibility index (Phi) is 25.3. The first-order valence-corrected chi connectivity index (χ1v) is 29.5. The van der Waals surface area contributed by atoms with E-state index in [1.165, 1.54) is 44.5 Å². The standard InChI is InChI=1S/C69H56N6.4C2H6.C2H2/c1-9-17-26-47(16-8)65-73-66(50(24-12-4)25-13-5)75-68(74-65)52-37-33-49(34-38-52)54-40-42-58-56-28-19-21-30-60(56)69(62(58)44-54)59-29-20-18-27-55(59)57-41-39-53(43-61(57)69)48-31-35-51(36-32-48)67-71-63(45(14-6)22-10-2)70-64(72-67)46(15-7)23-11-3;5*1-2/h9-44H,1-2,4,6H2,3,5,7-8H3;4*1-2H3;1-2H/b23-11-,25-13-,26-17-,45-22+,46-15+,47-16+,50-24+;;;;;. The summed E-state index contributed by atoms with van der Waals surface area (Å²) in [5.74, 6) is 3.43. The number of terminal acetylenes is 1. The van der Waals surface area contributed by atoms with Gasteiger partial charge < -0.3 is 0 Å². The minimum atomic E-state index is -0.563. The second-order valence-electron chi connectivity index (χ2n) is 18.1. The lowest BCUT2D eigenvalue weighted by atomic mass is 9.70. The van der Waals surface area contributed by atoms with Crippen molar-refractivity contribution in [2.24, 2.45) is 0 Å². The Hall–Kier alpha value is -9.96. The summed E-state index contributed by atoms with van der Waals surface area (Å²) in [6.07, 6.45) is 34.6. The fourth-order valence-electron chi connectivity index (χ4n) is 10.5. The van der Waals surface area contributed by atoms with E-state index in [2.05, 4.69) is 173 Å². The Morgan fingerprint density at radius 1 is 0.365 bits per heavy atom. The number of benzene rings is 6. The van der Waals surface area contributed by atoms with E-state index in [1.807, 2.05) is 144 Å². The lowest BCUT2D eigenvalue weighted by Crippen LogP contribution is -2.26. The molecule has 10 rings (SSSR count). The normalized spacial score (nSPS) is 13.6. The first kappa shape index (κ1) is 65.8. The number of rotatable bonds is 15. The molecule has 0 radical (unpaired) electrons. The van der Waals surface area contributed by atoms with Crippen molar-refractivity contribution in [3.8, 4) is 80.1 Å². The van der Waals surface area contributed by atoms with E-state index in [-0.39, 0.29) is 0 Å². The van der Waals surface area contributed by atoms with Gasteiger partial charge in [0, 0.05) is 33.4 Å². The summed E-state index contributed by atoms with van der Waals surface area (Å²) >= 11 is 0. The molecule has 1 spiro atoms. The number of aromatic nitrogens is 6. The van der Waals surface area contributed by atoms with Crippen LogP contribution in [0.15, 0.2) is 245 Å². The smallest absolute Gasteiger partial charge is 0.164 e. The number of allylic oxidation sites excluding steroid dienone is 18. The largest absolute Gasteiger partial charge is 0.208 e. The van der Waals surface area contributed by atoms with Crippen LogP contribution in [0.3, 0.4) is 0 Å². The maximum absolute atomic E-state index is 5.00. The molecule has 2 aliphatic rings. The maximum atomic E-state index is 5.00. The van der Waals surface area contributed by atoms with E-state index in [4.69, 9.17) is 29.9 Å². The third-order valence-electron chi connectivity index (χ3n) is 13.9. The van der Waals surface area contributed by atoms with Gasteiger partial charge in [0.1, 0.15) is 0 Å². The van der Waals surface area contributed by atoms with Crippen molar-refractivity contribution in [1.82, 2.24) is 29.9 Å². The Morgan fingerprint density at radius 3 is 1.09 bits per heavy atom. The van der Waals surface area contributed by atoms with E-state index in [1.54, 1.807) is 24.3 Å². The highest BCUT2D eigenvalue weighted by molar-refractivity contribution is 5.97. The van der Waals surface area contributed by atoms with Crippen LogP contribution in [-0.4, -0.2) is 29.9 Å². The quantitative estimate of drug-likeness (QED) is 0.0752. The molecule has 2 heterocycles. The van der Waals surface area contributed by atoms with Crippen LogP contribution in [0.4, 0.5) is 0 Å². The molecule has 85 heavy (non-hydrogen) atoms. The summed E-state index contributed by atoms with van der Waals surface area (Å²) in [7, 11) is 0. The van der Waals surface area contributed by atoms with E-state index < -0.39 is 5.41 Å². The molecule has 0 saturated heterocycles. The lowest BCUT2D eigenvalue weighted by molar-refractivity contribution is 0.794. The van der Waals surface area contributed by atoms with Crippen LogP contribution in [0.1, 0.15) is 129 Å².